The van der Waals surface area contributed by atoms with Crippen LogP contribution in [0.1, 0.15) is 6.42 Å². The van der Waals surface area contributed by atoms with Gasteiger partial charge in [0.2, 0.25) is 0 Å². The normalized spacial score (nSPS) is 9.68. The van der Waals surface area contributed by atoms with Crippen LogP contribution < -0.4 is 0 Å². The van der Waals surface area contributed by atoms with Crippen LogP contribution in [0, 0.1) is 25.6 Å². The van der Waals surface area contributed by atoms with Crippen molar-refractivity contribution in [1.29, 1.82) is 0 Å². The third kappa shape index (κ3) is 14.7. The minimum Gasteiger partial charge on any atom is -0.358 e. The maximum atomic E-state index is 2.99. The summed E-state index contributed by atoms with van der Waals surface area (Å²) in [5.74, 6) is 0. The zero-order valence-corrected chi connectivity index (χ0v) is 13.7. The summed E-state index contributed by atoms with van der Waals surface area (Å²) >= 11 is 0. The van der Waals surface area contributed by atoms with E-state index in [0.29, 0.717) is 0 Å². The van der Waals surface area contributed by atoms with Gasteiger partial charge in [-0.2, -0.15) is 78.9 Å². The van der Waals surface area contributed by atoms with Crippen LogP contribution in [0.15, 0.2) is 78.9 Å². The molecule has 0 atom stereocenters. The molecular weight excluding hydrogens is 307 g/mol. The van der Waals surface area contributed by atoms with Gasteiger partial charge in [-0.1, -0.05) is 0 Å². The summed E-state index contributed by atoms with van der Waals surface area (Å²) in [6.45, 7) is 0. The van der Waals surface area contributed by atoms with Crippen LogP contribution >= 0.6 is 0 Å². The topological polar surface area (TPSA) is 0 Å². The Bertz CT molecular complexity index is 309. The molecule has 0 amide bonds. The van der Waals surface area contributed by atoms with Gasteiger partial charge in [-0.25, -0.2) is 12.2 Å². The van der Waals surface area contributed by atoms with E-state index in [2.05, 4.69) is 24.3 Å². The SMILES string of the molecule is [C-]1=CC=CC1.[CH3-].[Zr+4].[c-]1ccccc1.[c-]1ccccc1. The molecule has 0 saturated carbocycles. The standard InChI is InChI=1S/2C6H5.C5H5.CH3.Zr/c2*1-2-4-6-5-3-1;1-2-4-5-3-1;;/h2*1-5H;1-3H,4H2;1H3;/q4*-1;+4. The molecular formula is C18H18Zr. The van der Waals surface area contributed by atoms with E-state index in [9.17, 15) is 0 Å². The second-order valence-electron chi connectivity index (χ2n) is 3.16. The molecule has 0 nitrogen and oxygen atoms in total. The van der Waals surface area contributed by atoms with Crippen molar-refractivity contribution in [3.05, 3.63) is 105 Å². The smallest absolute Gasteiger partial charge is 0.358 e. The van der Waals surface area contributed by atoms with Gasteiger partial charge in [0, 0.05) is 0 Å². The Morgan fingerprint density at radius 3 is 1.26 bits per heavy atom. The van der Waals surface area contributed by atoms with Crippen LogP contribution in [0.3, 0.4) is 0 Å². The summed E-state index contributed by atoms with van der Waals surface area (Å²) in [5.41, 5.74) is 0. The zero-order chi connectivity index (χ0) is 12.0. The third-order valence-electron chi connectivity index (χ3n) is 1.80. The van der Waals surface area contributed by atoms with Crippen LogP contribution in [-0.2, 0) is 26.2 Å². The average Bonchev–Trinajstić information content (AvgIpc) is 3.03. The zero-order valence-electron chi connectivity index (χ0n) is 11.2. The molecule has 0 radical (unpaired) electrons. The van der Waals surface area contributed by atoms with Gasteiger partial charge >= 0.3 is 26.2 Å². The Balaban J connectivity index is 0. The van der Waals surface area contributed by atoms with E-state index in [1.807, 2.05) is 72.8 Å². The molecule has 2 aromatic carbocycles. The number of allylic oxidation sites excluding steroid dienone is 4. The predicted molar refractivity (Wildman–Crippen MR) is 78.5 cm³/mol. The molecule has 0 fully saturated rings. The van der Waals surface area contributed by atoms with Crippen molar-refractivity contribution < 1.29 is 26.2 Å². The molecule has 1 aliphatic carbocycles. The van der Waals surface area contributed by atoms with E-state index in [1.165, 1.54) is 0 Å². The molecule has 0 unspecified atom stereocenters. The maximum Gasteiger partial charge on any atom is 4.00 e. The fraction of sp³-hybridized carbons (Fsp3) is 0.0556. The molecule has 1 heteroatoms. The first-order chi connectivity index (χ1) is 8.50. The number of hydrogen-bond donors (Lipinski definition) is 0. The van der Waals surface area contributed by atoms with Crippen molar-refractivity contribution in [2.24, 2.45) is 0 Å². The Kier molecular flexibility index (Phi) is 17.8. The summed E-state index contributed by atoms with van der Waals surface area (Å²) < 4.78 is 0. The second-order valence-corrected chi connectivity index (χ2v) is 3.16. The Morgan fingerprint density at radius 1 is 0.684 bits per heavy atom. The Hall–Kier alpha value is -1.20. The van der Waals surface area contributed by atoms with Gasteiger partial charge in [0.05, 0.1) is 0 Å². The quantitative estimate of drug-likeness (QED) is 0.614. The van der Waals surface area contributed by atoms with E-state index in [4.69, 9.17) is 0 Å². The Labute approximate surface area is 137 Å². The van der Waals surface area contributed by atoms with Crippen molar-refractivity contribution in [2.75, 3.05) is 0 Å². The molecule has 94 valence electrons. The van der Waals surface area contributed by atoms with Crippen molar-refractivity contribution in [3.63, 3.8) is 0 Å². The van der Waals surface area contributed by atoms with Crippen LogP contribution in [0.25, 0.3) is 0 Å². The summed E-state index contributed by atoms with van der Waals surface area (Å²) in [6, 6.07) is 25.0. The molecule has 0 aliphatic heterocycles. The average molecular weight is 326 g/mol. The molecule has 0 aromatic heterocycles. The third-order valence-corrected chi connectivity index (χ3v) is 1.80. The monoisotopic (exact) mass is 324 g/mol. The molecule has 0 spiro atoms. The van der Waals surface area contributed by atoms with E-state index in [0.717, 1.165) is 6.42 Å². The van der Waals surface area contributed by atoms with Crippen LogP contribution in [0.4, 0.5) is 0 Å². The largest absolute Gasteiger partial charge is 4.00 e. The fourth-order valence-electron chi connectivity index (χ4n) is 1.02. The second kappa shape index (κ2) is 16.8. The van der Waals surface area contributed by atoms with E-state index >= 15 is 0 Å². The van der Waals surface area contributed by atoms with Crippen molar-refractivity contribution in [1.82, 2.24) is 0 Å². The van der Waals surface area contributed by atoms with Crippen molar-refractivity contribution >= 4 is 0 Å². The number of rotatable bonds is 0. The predicted octanol–water partition coefficient (Wildman–Crippen LogP) is 4.73. The van der Waals surface area contributed by atoms with Gasteiger partial charge in [0.1, 0.15) is 0 Å². The van der Waals surface area contributed by atoms with Gasteiger partial charge < -0.3 is 7.43 Å². The van der Waals surface area contributed by atoms with Crippen molar-refractivity contribution in [3.8, 4) is 0 Å². The first-order valence-corrected chi connectivity index (χ1v) is 5.54. The van der Waals surface area contributed by atoms with E-state index in [1.54, 1.807) is 0 Å². The van der Waals surface area contributed by atoms with Crippen molar-refractivity contribution in [2.45, 2.75) is 6.42 Å². The summed E-state index contributed by atoms with van der Waals surface area (Å²) in [5, 5.41) is 0. The maximum absolute atomic E-state index is 2.99. The molecule has 0 N–H and O–H groups in total. The number of benzene rings is 2. The molecule has 3 rings (SSSR count). The molecule has 19 heavy (non-hydrogen) atoms. The van der Waals surface area contributed by atoms with Crippen LogP contribution in [0.2, 0.25) is 0 Å². The molecule has 0 bridgehead atoms. The minimum absolute atomic E-state index is 0. The minimum atomic E-state index is 0. The van der Waals surface area contributed by atoms with Gasteiger partial charge in [-0.15, -0.1) is 6.42 Å². The summed E-state index contributed by atoms with van der Waals surface area (Å²) in [7, 11) is 0. The molecule has 0 heterocycles. The Morgan fingerprint density at radius 2 is 1.16 bits per heavy atom. The van der Waals surface area contributed by atoms with Gasteiger partial charge in [0.25, 0.3) is 0 Å². The van der Waals surface area contributed by atoms with Crippen LogP contribution in [-0.4, -0.2) is 0 Å². The van der Waals surface area contributed by atoms with Gasteiger partial charge in [-0.05, 0) is 0 Å². The number of hydrogen-bond acceptors (Lipinski definition) is 0. The molecule has 0 saturated heterocycles. The molecule has 2 aromatic rings. The fourth-order valence-corrected chi connectivity index (χ4v) is 1.02. The van der Waals surface area contributed by atoms with Gasteiger partial charge in [-0.3, -0.25) is 6.08 Å². The van der Waals surface area contributed by atoms with E-state index < -0.39 is 0 Å². The molecule has 1 aliphatic rings. The first kappa shape index (κ1) is 20.1. The van der Waals surface area contributed by atoms with Gasteiger partial charge in [0.15, 0.2) is 0 Å². The van der Waals surface area contributed by atoms with Crippen LogP contribution in [0.5, 0.6) is 0 Å². The first-order valence-electron chi connectivity index (χ1n) is 5.54. The summed E-state index contributed by atoms with van der Waals surface area (Å²) in [4.78, 5) is 0. The van der Waals surface area contributed by atoms with E-state index in [-0.39, 0.29) is 33.6 Å². The summed E-state index contributed by atoms with van der Waals surface area (Å²) in [6.07, 6.45) is 10.0.